The molecule has 0 aliphatic heterocycles. The molecule has 134 valence electrons. The van der Waals surface area contributed by atoms with Crippen molar-refractivity contribution in [2.24, 2.45) is 0 Å². The van der Waals surface area contributed by atoms with Crippen LogP contribution in [0, 0.1) is 0 Å². The Labute approximate surface area is 144 Å². The number of hydrogen-bond acceptors (Lipinski definition) is 3. The highest BCUT2D eigenvalue weighted by atomic mass is 19.4. The molecule has 7 heteroatoms. The van der Waals surface area contributed by atoms with Crippen LogP contribution in [0.25, 0.3) is 0 Å². The molecule has 2 aromatic rings. The number of hydrogen-bond donors (Lipinski definition) is 1. The van der Waals surface area contributed by atoms with Crippen LogP contribution in [0.5, 0.6) is 5.75 Å². The lowest BCUT2D eigenvalue weighted by Gasteiger charge is -2.13. The number of benzene rings is 2. The van der Waals surface area contributed by atoms with Gasteiger partial charge in [-0.3, -0.25) is 4.79 Å². The number of rotatable bonds is 6. The molecule has 0 aromatic heterocycles. The van der Waals surface area contributed by atoms with Crippen molar-refractivity contribution in [1.82, 2.24) is 5.32 Å². The van der Waals surface area contributed by atoms with Crippen LogP contribution in [-0.4, -0.2) is 26.6 Å². The van der Waals surface area contributed by atoms with Gasteiger partial charge in [0.25, 0.3) is 5.91 Å². The van der Waals surface area contributed by atoms with Gasteiger partial charge >= 0.3 is 6.18 Å². The van der Waals surface area contributed by atoms with Crippen LogP contribution in [0.2, 0.25) is 0 Å². The summed E-state index contributed by atoms with van der Waals surface area (Å²) in [6.45, 7) is 0.0874. The Kier molecular flexibility index (Phi) is 5.90. The normalized spacial score (nSPS) is 11.1. The zero-order valence-corrected chi connectivity index (χ0v) is 13.9. The summed E-state index contributed by atoms with van der Waals surface area (Å²) in [4.78, 5) is 13.7. The van der Waals surface area contributed by atoms with Crippen molar-refractivity contribution >= 4 is 11.6 Å². The third-order valence-corrected chi connectivity index (χ3v) is 3.49. The molecule has 2 aromatic carbocycles. The van der Waals surface area contributed by atoms with Crippen LogP contribution in [-0.2, 0) is 17.5 Å². The molecule has 0 fully saturated rings. The second-order valence-corrected chi connectivity index (χ2v) is 5.65. The highest BCUT2D eigenvalue weighted by molar-refractivity contribution is 5.77. The SMILES string of the molecule is CN(C)c1ccc(CNC(=O)COc2ccc(C(F)(F)F)cc2)cc1. The highest BCUT2D eigenvalue weighted by Crippen LogP contribution is 2.30. The van der Waals surface area contributed by atoms with Gasteiger partial charge in [-0.15, -0.1) is 0 Å². The van der Waals surface area contributed by atoms with Gasteiger partial charge in [-0.1, -0.05) is 12.1 Å². The smallest absolute Gasteiger partial charge is 0.416 e. The fraction of sp³-hybridized carbons (Fsp3) is 0.278. The molecule has 0 saturated heterocycles. The van der Waals surface area contributed by atoms with Crippen LogP contribution in [0.15, 0.2) is 48.5 Å². The summed E-state index contributed by atoms with van der Waals surface area (Å²) < 4.78 is 42.6. The molecule has 0 bridgehead atoms. The number of halogens is 3. The number of nitrogens with zero attached hydrogens (tertiary/aromatic N) is 1. The van der Waals surface area contributed by atoms with Crippen molar-refractivity contribution in [1.29, 1.82) is 0 Å². The molecule has 0 spiro atoms. The lowest BCUT2D eigenvalue weighted by atomic mass is 10.2. The number of carbonyl (C=O) groups excluding carboxylic acids is 1. The standard InChI is InChI=1S/C18H19F3N2O2/c1-23(2)15-7-3-13(4-8-15)11-22-17(24)12-25-16-9-5-14(6-10-16)18(19,20)21/h3-10H,11-12H2,1-2H3,(H,22,24). The van der Waals surface area contributed by atoms with Gasteiger partial charge in [0.2, 0.25) is 0 Å². The topological polar surface area (TPSA) is 41.6 Å². The van der Waals surface area contributed by atoms with E-state index < -0.39 is 11.7 Å². The molecule has 0 heterocycles. The summed E-state index contributed by atoms with van der Waals surface area (Å²) in [7, 11) is 3.88. The first kappa shape index (κ1) is 18.6. The van der Waals surface area contributed by atoms with Crippen LogP contribution in [0.4, 0.5) is 18.9 Å². The molecule has 4 nitrogen and oxygen atoms in total. The molecular formula is C18H19F3N2O2. The number of nitrogens with one attached hydrogen (secondary N) is 1. The Bertz CT molecular complexity index is 696. The van der Waals surface area contributed by atoms with Crippen molar-refractivity contribution in [2.45, 2.75) is 12.7 Å². The Morgan fingerprint density at radius 2 is 1.64 bits per heavy atom. The number of ether oxygens (including phenoxy) is 1. The van der Waals surface area contributed by atoms with E-state index in [9.17, 15) is 18.0 Å². The summed E-state index contributed by atoms with van der Waals surface area (Å²) >= 11 is 0. The monoisotopic (exact) mass is 352 g/mol. The maximum Gasteiger partial charge on any atom is 0.416 e. The van der Waals surface area contributed by atoms with Gasteiger partial charge in [-0.2, -0.15) is 13.2 Å². The summed E-state index contributed by atoms with van der Waals surface area (Å²) in [6, 6.07) is 11.9. The molecule has 1 N–H and O–H groups in total. The van der Waals surface area contributed by atoms with Crippen molar-refractivity contribution < 1.29 is 22.7 Å². The maximum absolute atomic E-state index is 12.5. The minimum atomic E-state index is -4.39. The van der Waals surface area contributed by atoms with Gasteiger partial charge in [-0.25, -0.2) is 0 Å². The molecule has 0 atom stereocenters. The van der Waals surface area contributed by atoms with Gasteiger partial charge in [0.05, 0.1) is 5.56 Å². The van der Waals surface area contributed by atoms with E-state index in [0.717, 1.165) is 23.4 Å². The van der Waals surface area contributed by atoms with Crippen LogP contribution in [0.1, 0.15) is 11.1 Å². The lowest BCUT2D eigenvalue weighted by molar-refractivity contribution is -0.137. The van der Waals surface area contributed by atoms with Gasteiger partial charge in [-0.05, 0) is 42.0 Å². The number of alkyl halides is 3. The third kappa shape index (κ3) is 5.70. The zero-order valence-electron chi connectivity index (χ0n) is 13.9. The minimum Gasteiger partial charge on any atom is -0.484 e. The predicted octanol–water partition coefficient (Wildman–Crippen LogP) is 3.47. The first-order valence-corrected chi connectivity index (χ1v) is 7.59. The van der Waals surface area contributed by atoms with E-state index in [2.05, 4.69) is 5.32 Å². The molecule has 0 aliphatic carbocycles. The summed E-state index contributed by atoms with van der Waals surface area (Å²) in [6.07, 6.45) is -4.39. The van der Waals surface area contributed by atoms with Crippen LogP contribution >= 0.6 is 0 Å². The second kappa shape index (κ2) is 7.92. The number of amides is 1. The van der Waals surface area contributed by atoms with Crippen molar-refractivity contribution in [3.63, 3.8) is 0 Å². The third-order valence-electron chi connectivity index (χ3n) is 3.49. The largest absolute Gasteiger partial charge is 0.484 e. The first-order chi connectivity index (χ1) is 11.8. The number of carbonyl (C=O) groups is 1. The van der Waals surface area contributed by atoms with Crippen molar-refractivity contribution in [3.05, 3.63) is 59.7 Å². The molecule has 0 saturated carbocycles. The summed E-state index contributed by atoms with van der Waals surface area (Å²) in [5.74, 6) is -0.143. The van der Waals surface area contributed by atoms with E-state index in [1.807, 2.05) is 43.3 Å². The number of anilines is 1. The maximum atomic E-state index is 12.5. The first-order valence-electron chi connectivity index (χ1n) is 7.59. The molecule has 25 heavy (non-hydrogen) atoms. The lowest BCUT2D eigenvalue weighted by Crippen LogP contribution is -2.28. The van der Waals surface area contributed by atoms with Crippen molar-refractivity contribution in [3.8, 4) is 5.75 Å². The molecular weight excluding hydrogens is 333 g/mol. The van der Waals surface area contributed by atoms with Crippen LogP contribution < -0.4 is 15.0 Å². The molecule has 1 amide bonds. The molecule has 0 radical (unpaired) electrons. The predicted molar refractivity (Wildman–Crippen MR) is 89.6 cm³/mol. The van der Waals surface area contributed by atoms with E-state index in [1.165, 1.54) is 12.1 Å². The Morgan fingerprint density at radius 3 is 2.16 bits per heavy atom. The van der Waals surface area contributed by atoms with Crippen molar-refractivity contribution in [2.75, 3.05) is 25.6 Å². The molecule has 0 unspecified atom stereocenters. The minimum absolute atomic E-state index is 0.207. The summed E-state index contributed by atoms with van der Waals surface area (Å²) in [5, 5.41) is 2.70. The van der Waals surface area contributed by atoms with E-state index in [4.69, 9.17) is 4.74 Å². The average molecular weight is 352 g/mol. The van der Waals surface area contributed by atoms with E-state index >= 15 is 0 Å². The van der Waals surface area contributed by atoms with Gasteiger partial charge in [0, 0.05) is 26.3 Å². The van der Waals surface area contributed by atoms with Gasteiger partial charge in [0.1, 0.15) is 5.75 Å². The average Bonchev–Trinajstić information content (AvgIpc) is 2.58. The molecule has 2 rings (SSSR count). The second-order valence-electron chi connectivity index (χ2n) is 5.65. The zero-order chi connectivity index (χ0) is 18.4. The van der Waals surface area contributed by atoms with Crippen LogP contribution in [0.3, 0.4) is 0 Å². The quantitative estimate of drug-likeness (QED) is 0.866. The highest BCUT2D eigenvalue weighted by Gasteiger charge is 2.30. The van der Waals surface area contributed by atoms with E-state index in [-0.39, 0.29) is 18.3 Å². The Balaban J connectivity index is 1.78. The summed E-state index contributed by atoms with van der Waals surface area (Å²) in [5.41, 5.74) is 1.24. The van der Waals surface area contributed by atoms with E-state index in [1.54, 1.807) is 0 Å². The van der Waals surface area contributed by atoms with Gasteiger partial charge in [0.15, 0.2) is 6.61 Å². The van der Waals surface area contributed by atoms with Gasteiger partial charge < -0.3 is 15.0 Å². The molecule has 0 aliphatic rings. The Hall–Kier alpha value is -2.70. The fourth-order valence-electron chi connectivity index (χ4n) is 2.05. The van der Waals surface area contributed by atoms with E-state index in [0.29, 0.717) is 6.54 Å². The Morgan fingerprint density at radius 1 is 1.04 bits per heavy atom. The fourth-order valence-corrected chi connectivity index (χ4v) is 2.05.